The van der Waals surface area contributed by atoms with Gasteiger partial charge in [-0.2, -0.15) is 13.2 Å². The first-order valence-corrected chi connectivity index (χ1v) is 9.75. The van der Waals surface area contributed by atoms with Crippen molar-refractivity contribution in [1.82, 2.24) is 10.2 Å². The normalized spacial score (nSPS) is 27.9. The third kappa shape index (κ3) is 5.23. The van der Waals surface area contributed by atoms with Crippen molar-refractivity contribution < 1.29 is 38.3 Å². The standard InChI is InChI=1S/C17H18ClF3N2O5S/c18-9-2-1-7(16-15(27)14(26)13(25)10(6-24)28-16)3-8(9)4-11-22-23-12(29-11)5-17(19,20)21/h1-3,10,13-16,24-27H,4-6H2. The first-order valence-electron chi connectivity index (χ1n) is 8.56. The van der Waals surface area contributed by atoms with E-state index in [9.17, 15) is 33.6 Å². The highest BCUT2D eigenvalue weighted by Crippen LogP contribution is 2.34. The van der Waals surface area contributed by atoms with Crippen LogP contribution in [-0.4, -0.2) is 67.8 Å². The van der Waals surface area contributed by atoms with Crippen LogP contribution in [0.5, 0.6) is 0 Å². The van der Waals surface area contributed by atoms with E-state index in [-0.39, 0.29) is 11.4 Å². The lowest BCUT2D eigenvalue weighted by atomic mass is 9.90. The number of alkyl halides is 3. The van der Waals surface area contributed by atoms with Crippen molar-refractivity contribution in [2.24, 2.45) is 0 Å². The Balaban J connectivity index is 1.81. The van der Waals surface area contributed by atoms with Gasteiger partial charge in [0.1, 0.15) is 40.5 Å². The average Bonchev–Trinajstić information content (AvgIpc) is 3.07. The first-order chi connectivity index (χ1) is 13.6. The summed E-state index contributed by atoms with van der Waals surface area (Å²) >= 11 is 7.01. The second kappa shape index (κ2) is 8.80. The molecule has 5 unspecified atom stereocenters. The molecule has 5 atom stereocenters. The van der Waals surface area contributed by atoms with Gasteiger partial charge < -0.3 is 25.2 Å². The van der Waals surface area contributed by atoms with Crippen molar-refractivity contribution in [3.8, 4) is 0 Å². The largest absolute Gasteiger partial charge is 0.395 e. The number of aliphatic hydroxyl groups is 4. The molecule has 1 aromatic heterocycles. The molecule has 12 heteroatoms. The molecule has 4 N–H and O–H groups in total. The van der Waals surface area contributed by atoms with Crippen LogP contribution in [0.4, 0.5) is 13.2 Å². The molecule has 0 aliphatic carbocycles. The summed E-state index contributed by atoms with van der Waals surface area (Å²) in [5.74, 6) is 0. The highest BCUT2D eigenvalue weighted by Gasteiger charge is 2.44. The molecule has 0 bridgehead atoms. The van der Waals surface area contributed by atoms with E-state index in [0.29, 0.717) is 21.2 Å². The molecule has 1 aliphatic heterocycles. The van der Waals surface area contributed by atoms with E-state index in [1.54, 1.807) is 12.1 Å². The zero-order chi connectivity index (χ0) is 21.3. The van der Waals surface area contributed by atoms with E-state index < -0.39 is 49.7 Å². The molecule has 2 heterocycles. The van der Waals surface area contributed by atoms with Gasteiger partial charge in [0.05, 0.1) is 13.0 Å². The number of nitrogens with zero attached hydrogens (tertiary/aromatic N) is 2. The lowest BCUT2D eigenvalue weighted by Gasteiger charge is -2.40. The molecule has 7 nitrogen and oxygen atoms in total. The van der Waals surface area contributed by atoms with Crippen LogP contribution >= 0.6 is 22.9 Å². The molecular formula is C17H18ClF3N2O5S. The zero-order valence-electron chi connectivity index (χ0n) is 14.8. The molecule has 3 rings (SSSR count). The van der Waals surface area contributed by atoms with Crippen LogP contribution in [0, 0.1) is 0 Å². The van der Waals surface area contributed by atoms with Gasteiger partial charge in [-0.15, -0.1) is 21.5 Å². The second-order valence-corrected chi connectivity index (χ2v) is 8.21. The Morgan fingerprint density at radius 1 is 1.07 bits per heavy atom. The first kappa shape index (κ1) is 22.3. The van der Waals surface area contributed by atoms with Gasteiger partial charge >= 0.3 is 6.18 Å². The summed E-state index contributed by atoms with van der Waals surface area (Å²) in [5.41, 5.74) is 0.928. The Bertz CT molecular complexity index is 851. The minimum atomic E-state index is -4.38. The van der Waals surface area contributed by atoms with Gasteiger partial charge in [-0.1, -0.05) is 23.7 Å². The predicted octanol–water partition coefficient (Wildman–Crippen LogP) is 1.40. The Morgan fingerprint density at radius 2 is 1.76 bits per heavy atom. The number of benzene rings is 1. The average molecular weight is 455 g/mol. The Kier molecular flexibility index (Phi) is 6.78. The van der Waals surface area contributed by atoms with Crippen molar-refractivity contribution >= 4 is 22.9 Å². The van der Waals surface area contributed by atoms with Crippen LogP contribution in [0.25, 0.3) is 0 Å². The fraction of sp³-hybridized carbons (Fsp3) is 0.529. The van der Waals surface area contributed by atoms with E-state index >= 15 is 0 Å². The fourth-order valence-corrected chi connectivity index (χ4v) is 4.13. The van der Waals surface area contributed by atoms with Gasteiger partial charge in [0.15, 0.2) is 0 Å². The number of hydrogen-bond donors (Lipinski definition) is 4. The smallest absolute Gasteiger partial charge is 0.394 e. The number of rotatable bonds is 5. The van der Waals surface area contributed by atoms with Gasteiger partial charge in [0.2, 0.25) is 0 Å². The van der Waals surface area contributed by atoms with E-state index in [0.717, 1.165) is 11.3 Å². The highest BCUT2D eigenvalue weighted by atomic mass is 35.5. The monoisotopic (exact) mass is 454 g/mol. The van der Waals surface area contributed by atoms with Gasteiger partial charge in [-0.05, 0) is 17.2 Å². The number of aromatic nitrogens is 2. The molecule has 29 heavy (non-hydrogen) atoms. The summed E-state index contributed by atoms with van der Waals surface area (Å²) < 4.78 is 43.0. The fourth-order valence-electron chi connectivity index (χ4n) is 3.05. The van der Waals surface area contributed by atoms with Crippen molar-refractivity contribution in [2.75, 3.05) is 6.61 Å². The third-order valence-corrected chi connectivity index (χ3v) is 5.78. The summed E-state index contributed by atoms with van der Waals surface area (Å²) in [6.07, 6.45) is -12.0. The topological polar surface area (TPSA) is 116 Å². The molecule has 1 aliphatic rings. The van der Waals surface area contributed by atoms with Crippen LogP contribution in [-0.2, 0) is 17.6 Å². The third-order valence-electron chi connectivity index (χ3n) is 4.49. The van der Waals surface area contributed by atoms with Crippen molar-refractivity contribution in [1.29, 1.82) is 0 Å². The minimum absolute atomic E-state index is 0.111. The van der Waals surface area contributed by atoms with Gasteiger partial charge in [-0.3, -0.25) is 0 Å². The van der Waals surface area contributed by atoms with Gasteiger partial charge in [0, 0.05) is 11.4 Å². The van der Waals surface area contributed by atoms with Crippen LogP contribution < -0.4 is 0 Å². The Morgan fingerprint density at radius 3 is 2.41 bits per heavy atom. The summed E-state index contributed by atoms with van der Waals surface area (Å²) in [6.45, 7) is -0.561. The number of aliphatic hydroxyl groups excluding tert-OH is 4. The molecule has 160 valence electrons. The quantitative estimate of drug-likeness (QED) is 0.539. The summed E-state index contributed by atoms with van der Waals surface area (Å²) in [4.78, 5) is 0. The molecule has 0 spiro atoms. The molecule has 1 fully saturated rings. The van der Waals surface area contributed by atoms with Crippen molar-refractivity contribution in [3.05, 3.63) is 44.4 Å². The van der Waals surface area contributed by atoms with Gasteiger partial charge in [-0.25, -0.2) is 0 Å². The van der Waals surface area contributed by atoms with E-state index in [1.165, 1.54) is 6.07 Å². The van der Waals surface area contributed by atoms with E-state index in [1.807, 2.05) is 0 Å². The zero-order valence-corrected chi connectivity index (χ0v) is 16.3. The maximum atomic E-state index is 12.5. The molecule has 1 saturated heterocycles. The van der Waals surface area contributed by atoms with Crippen LogP contribution in [0.15, 0.2) is 18.2 Å². The Hall–Kier alpha value is -1.34. The molecule has 0 saturated carbocycles. The summed E-state index contributed by atoms with van der Waals surface area (Å²) in [7, 11) is 0. The molecule has 1 aromatic carbocycles. The molecule has 0 amide bonds. The van der Waals surface area contributed by atoms with Crippen molar-refractivity contribution in [3.63, 3.8) is 0 Å². The predicted molar refractivity (Wildman–Crippen MR) is 96.6 cm³/mol. The maximum absolute atomic E-state index is 12.5. The molecule has 0 radical (unpaired) electrons. The second-order valence-electron chi connectivity index (χ2n) is 6.66. The maximum Gasteiger partial charge on any atom is 0.395 e. The SMILES string of the molecule is OCC1OC(c2ccc(Cl)c(Cc3nnc(CC(F)(F)F)s3)c2)C(O)C(O)C1O. The van der Waals surface area contributed by atoms with E-state index in [2.05, 4.69) is 10.2 Å². The van der Waals surface area contributed by atoms with E-state index in [4.69, 9.17) is 16.3 Å². The van der Waals surface area contributed by atoms with Gasteiger partial charge in [0.25, 0.3) is 0 Å². The number of halogens is 4. The summed E-state index contributed by atoms with van der Waals surface area (Å²) in [5, 5.41) is 47.2. The van der Waals surface area contributed by atoms with Crippen LogP contribution in [0.2, 0.25) is 5.02 Å². The highest BCUT2D eigenvalue weighted by molar-refractivity contribution is 7.11. The van der Waals surface area contributed by atoms with Crippen LogP contribution in [0.1, 0.15) is 27.2 Å². The number of ether oxygens (including phenoxy) is 1. The lowest BCUT2D eigenvalue weighted by Crippen LogP contribution is -2.55. The summed E-state index contributed by atoms with van der Waals surface area (Å²) in [6, 6.07) is 4.64. The lowest BCUT2D eigenvalue weighted by molar-refractivity contribution is -0.231. The Labute approximate surface area is 172 Å². The molecular weight excluding hydrogens is 437 g/mol. The minimum Gasteiger partial charge on any atom is -0.394 e. The van der Waals surface area contributed by atoms with Crippen LogP contribution in [0.3, 0.4) is 0 Å². The number of hydrogen-bond acceptors (Lipinski definition) is 8. The van der Waals surface area contributed by atoms with Crippen molar-refractivity contribution in [2.45, 2.75) is 49.5 Å². The molecule has 2 aromatic rings.